The average Bonchev–Trinajstić information content (AvgIpc) is 3.74. The summed E-state index contributed by atoms with van der Waals surface area (Å²) in [6, 6.07) is 23.1. The largest absolute Gasteiger partial charge is 0.371 e. The van der Waals surface area contributed by atoms with Crippen LogP contribution in [0.25, 0.3) is 0 Å². The SMILES string of the molecule is CCCOC1[C@@H](O[P@]2O[C@@H](C[Si](C)(c3ccccc3)c3ccccc3)[C@H]3CCCN32)[C@@H](CC)O[C@H]1n1cc(C)c(=O)[nH]c1=O. The molecule has 0 bridgehead atoms. The third kappa shape index (κ3) is 6.06. The molecule has 0 radical (unpaired) electrons. The van der Waals surface area contributed by atoms with E-state index < -0.39 is 46.3 Å². The molecule has 44 heavy (non-hydrogen) atoms. The average molecular weight is 638 g/mol. The number of aromatic nitrogens is 2. The van der Waals surface area contributed by atoms with E-state index in [1.54, 1.807) is 13.1 Å². The Balaban J connectivity index is 1.28. The van der Waals surface area contributed by atoms with Gasteiger partial charge in [0.1, 0.15) is 20.3 Å². The maximum absolute atomic E-state index is 12.9. The first-order chi connectivity index (χ1) is 21.3. The highest BCUT2D eigenvalue weighted by Crippen LogP contribution is 2.59. The molecule has 3 saturated heterocycles. The van der Waals surface area contributed by atoms with Crippen molar-refractivity contribution in [3.05, 3.63) is 93.3 Å². The van der Waals surface area contributed by atoms with Gasteiger partial charge in [-0.15, -0.1) is 0 Å². The van der Waals surface area contributed by atoms with Crippen LogP contribution in [0.3, 0.4) is 0 Å². The lowest BCUT2D eigenvalue weighted by Crippen LogP contribution is -2.58. The van der Waals surface area contributed by atoms with Crippen LogP contribution in [0, 0.1) is 6.92 Å². The summed E-state index contributed by atoms with van der Waals surface area (Å²) in [6.07, 6.45) is 3.37. The predicted molar refractivity (Wildman–Crippen MR) is 175 cm³/mol. The summed E-state index contributed by atoms with van der Waals surface area (Å²) >= 11 is 0. The second-order valence-electron chi connectivity index (χ2n) is 12.4. The van der Waals surface area contributed by atoms with Crippen LogP contribution in [-0.4, -0.2) is 65.9 Å². The minimum atomic E-state index is -2.14. The molecular weight excluding hydrogens is 593 g/mol. The Morgan fingerprint density at radius 1 is 1.00 bits per heavy atom. The minimum Gasteiger partial charge on any atom is -0.371 e. The van der Waals surface area contributed by atoms with Gasteiger partial charge in [0.2, 0.25) is 0 Å². The normalized spacial score (nSPS) is 28.9. The second-order valence-corrected chi connectivity index (χ2v) is 18.0. The van der Waals surface area contributed by atoms with Crippen molar-refractivity contribution in [2.75, 3.05) is 13.2 Å². The molecule has 11 heteroatoms. The molecule has 4 heterocycles. The molecule has 3 aliphatic rings. The molecule has 0 aliphatic carbocycles. The van der Waals surface area contributed by atoms with E-state index >= 15 is 0 Å². The van der Waals surface area contributed by atoms with Gasteiger partial charge in [-0.1, -0.05) is 91.4 Å². The third-order valence-electron chi connectivity index (χ3n) is 9.40. The Morgan fingerprint density at radius 3 is 2.32 bits per heavy atom. The number of nitrogens with one attached hydrogen (secondary N) is 1. The summed E-state index contributed by atoms with van der Waals surface area (Å²) in [5.41, 5.74) is -0.472. The van der Waals surface area contributed by atoms with Crippen LogP contribution in [0.2, 0.25) is 12.6 Å². The number of benzene rings is 2. The fraction of sp³-hybridized carbons (Fsp3) is 0.515. The van der Waals surface area contributed by atoms with Gasteiger partial charge in [-0.2, -0.15) is 0 Å². The molecule has 6 rings (SSSR count). The summed E-state index contributed by atoms with van der Waals surface area (Å²) in [4.78, 5) is 27.4. The van der Waals surface area contributed by atoms with Gasteiger partial charge in [-0.25, -0.2) is 9.46 Å². The van der Waals surface area contributed by atoms with Gasteiger partial charge in [0.25, 0.3) is 14.1 Å². The predicted octanol–water partition coefficient (Wildman–Crippen LogP) is 4.32. The van der Waals surface area contributed by atoms with E-state index in [2.05, 4.69) is 90.7 Å². The van der Waals surface area contributed by atoms with Crippen LogP contribution < -0.4 is 21.6 Å². The highest BCUT2D eigenvalue weighted by atomic mass is 31.2. The van der Waals surface area contributed by atoms with Crippen LogP contribution >= 0.6 is 8.53 Å². The smallest absolute Gasteiger partial charge is 0.330 e. The molecular formula is C33H44N3O6PSi. The van der Waals surface area contributed by atoms with Crippen LogP contribution in [-0.2, 0) is 18.5 Å². The molecule has 1 N–H and O–H groups in total. The van der Waals surface area contributed by atoms with Crippen molar-refractivity contribution < 1.29 is 18.5 Å². The minimum absolute atomic E-state index is 0.0540. The summed E-state index contributed by atoms with van der Waals surface area (Å²) in [5, 5.41) is 2.81. The van der Waals surface area contributed by atoms with Crippen molar-refractivity contribution in [3.63, 3.8) is 0 Å². The number of ether oxygens (including phenoxy) is 2. The van der Waals surface area contributed by atoms with Crippen molar-refractivity contribution in [1.82, 2.24) is 14.2 Å². The number of rotatable bonds is 11. The summed E-state index contributed by atoms with van der Waals surface area (Å²) in [5.74, 6) is 0. The zero-order valence-electron chi connectivity index (χ0n) is 26.1. The molecule has 236 valence electrons. The van der Waals surface area contributed by atoms with Crippen molar-refractivity contribution in [2.45, 2.75) is 95.7 Å². The van der Waals surface area contributed by atoms with E-state index in [1.165, 1.54) is 14.9 Å². The number of H-pyrrole nitrogens is 1. The number of hydrogen-bond acceptors (Lipinski definition) is 7. The van der Waals surface area contributed by atoms with Gasteiger partial charge in [0.15, 0.2) is 6.23 Å². The van der Waals surface area contributed by atoms with Crippen molar-refractivity contribution in [3.8, 4) is 0 Å². The van der Waals surface area contributed by atoms with E-state index in [9.17, 15) is 9.59 Å². The first-order valence-corrected chi connectivity index (χ1v) is 19.8. The number of aryl methyl sites for hydroxylation is 1. The molecule has 3 aromatic rings. The zero-order valence-corrected chi connectivity index (χ0v) is 28.0. The van der Waals surface area contributed by atoms with E-state index in [4.69, 9.17) is 18.5 Å². The number of hydrogen-bond donors (Lipinski definition) is 1. The Kier molecular flexibility index (Phi) is 9.68. The maximum atomic E-state index is 12.9. The van der Waals surface area contributed by atoms with E-state index in [0.717, 1.165) is 31.9 Å². The van der Waals surface area contributed by atoms with Gasteiger partial charge < -0.3 is 18.5 Å². The highest BCUT2D eigenvalue weighted by molar-refractivity contribution is 7.45. The monoisotopic (exact) mass is 637 g/mol. The highest BCUT2D eigenvalue weighted by Gasteiger charge is 2.54. The van der Waals surface area contributed by atoms with Crippen molar-refractivity contribution >= 4 is 27.0 Å². The van der Waals surface area contributed by atoms with Crippen LogP contribution in [0.1, 0.15) is 51.3 Å². The number of aromatic amines is 1. The second kappa shape index (κ2) is 13.5. The van der Waals surface area contributed by atoms with E-state index in [0.29, 0.717) is 24.6 Å². The molecule has 3 aliphatic heterocycles. The molecule has 9 nitrogen and oxygen atoms in total. The van der Waals surface area contributed by atoms with E-state index in [-0.39, 0.29) is 12.2 Å². The standard InChI is InChI=1S/C33H44N3O6PSi/c1-5-20-39-30-29(27(6-2)40-32(30)35-21-23(3)31(37)34-33(35)38)42-43-36-19-13-18-26(36)28(41-43)22-44(4,24-14-9-7-10-15-24)25-16-11-8-12-17-25/h7-12,14-17,21,26-30,32H,5-6,13,18-20,22H2,1-4H3,(H,34,37,38)/t26-,27-,28+,29+,30?,32-,43+/m1/s1. The fourth-order valence-electron chi connectivity index (χ4n) is 6.98. The first-order valence-electron chi connectivity index (χ1n) is 15.9. The maximum Gasteiger partial charge on any atom is 0.330 e. The molecule has 2 aromatic carbocycles. The van der Waals surface area contributed by atoms with Gasteiger partial charge in [0, 0.05) is 31.0 Å². The molecule has 1 unspecified atom stereocenters. The molecule has 1 aromatic heterocycles. The quantitative estimate of drug-likeness (QED) is 0.247. The van der Waals surface area contributed by atoms with E-state index in [1.807, 2.05) is 0 Å². The Bertz CT molecular complexity index is 1480. The zero-order chi connectivity index (χ0) is 30.8. The van der Waals surface area contributed by atoms with Gasteiger partial charge in [-0.3, -0.25) is 14.3 Å². The molecule has 0 amide bonds. The number of fused-ring (bicyclic) bond motifs is 1. The van der Waals surface area contributed by atoms with Crippen LogP contribution in [0.15, 0.2) is 76.4 Å². The Labute approximate surface area is 261 Å². The Hall–Kier alpha value is -2.43. The first kappa shape index (κ1) is 31.5. The summed E-state index contributed by atoms with van der Waals surface area (Å²) in [6.45, 7) is 9.70. The molecule has 3 fully saturated rings. The fourth-order valence-corrected chi connectivity index (χ4v) is 13.0. The number of nitrogens with zero attached hydrogens (tertiary/aromatic N) is 2. The third-order valence-corrected chi connectivity index (χ3v) is 15.6. The Morgan fingerprint density at radius 2 is 1.68 bits per heavy atom. The van der Waals surface area contributed by atoms with Gasteiger partial charge in [-0.05, 0) is 38.7 Å². The van der Waals surface area contributed by atoms with Crippen molar-refractivity contribution in [1.29, 1.82) is 0 Å². The lowest BCUT2D eigenvalue weighted by Gasteiger charge is -2.32. The summed E-state index contributed by atoms with van der Waals surface area (Å²) < 4.78 is 30.6. The summed E-state index contributed by atoms with van der Waals surface area (Å²) in [7, 11) is -3.49. The topological polar surface area (TPSA) is 95.0 Å². The van der Waals surface area contributed by atoms with Gasteiger partial charge >= 0.3 is 5.69 Å². The lowest BCUT2D eigenvalue weighted by atomic mass is 10.1. The molecule has 0 spiro atoms. The van der Waals surface area contributed by atoms with Crippen molar-refractivity contribution in [2.24, 2.45) is 0 Å². The lowest BCUT2D eigenvalue weighted by molar-refractivity contribution is -0.0693. The molecule has 7 atom stereocenters. The van der Waals surface area contributed by atoms with Crippen LogP contribution in [0.4, 0.5) is 0 Å². The molecule has 0 saturated carbocycles. The van der Waals surface area contributed by atoms with Crippen LogP contribution in [0.5, 0.6) is 0 Å². The van der Waals surface area contributed by atoms with Gasteiger partial charge in [0.05, 0.1) is 12.2 Å².